The smallest absolute Gasteiger partial charge is 0.387 e. The van der Waals surface area contributed by atoms with Gasteiger partial charge in [-0.3, -0.25) is 0 Å². The minimum Gasteiger partial charge on any atom is -0.433 e. The van der Waals surface area contributed by atoms with Crippen LogP contribution in [-0.4, -0.2) is 6.61 Å². The van der Waals surface area contributed by atoms with Gasteiger partial charge in [-0.2, -0.15) is 8.78 Å². The lowest BCUT2D eigenvalue weighted by molar-refractivity contribution is -0.0503. The number of halogens is 4. The van der Waals surface area contributed by atoms with Gasteiger partial charge in [-0.25, -0.2) is 0 Å². The van der Waals surface area contributed by atoms with Crippen LogP contribution < -0.4 is 10.5 Å². The first-order valence-corrected chi connectivity index (χ1v) is 4.43. The Morgan fingerprint density at radius 1 is 1.36 bits per heavy atom. The van der Waals surface area contributed by atoms with Crippen molar-refractivity contribution in [3.8, 4) is 5.75 Å². The van der Waals surface area contributed by atoms with Crippen LogP contribution in [0.15, 0.2) is 12.1 Å². The molecule has 78 valence electrons. The number of benzene rings is 1. The van der Waals surface area contributed by atoms with E-state index in [-0.39, 0.29) is 17.3 Å². The molecule has 0 atom stereocenters. The van der Waals surface area contributed by atoms with E-state index in [0.29, 0.717) is 10.6 Å². The molecule has 0 heterocycles. The number of ether oxygens (including phenoxy) is 1. The molecule has 14 heavy (non-hydrogen) atoms. The average molecular weight is 242 g/mol. The zero-order chi connectivity index (χ0) is 10.7. The summed E-state index contributed by atoms with van der Waals surface area (Å²) in [7, 11) is 0. The van der Waals surface area contributed by atoms with Gasteiger partial charge in [-0.05, 0) is 12.1 Å². The number of nitrogens with two attached hydrogens (primary N) is 1. The minimum absolute atomic E-state index is 0.0262. The summed E-state index contributed by atoms with van der Waals surface area (Å²) in [5, 5.41) is 0.357. The van der Waals surface area contributed by atoms with Crippen LogP contribution in [0.4, 0.5) is 8.78 Å². The molecule has 0 fully saturated rings. The maximum Gasteiger partial charge on any atom is 0.387 e. The van der Waals surface area contributed by atoms with E-state index in [4.69, 9.17) is 28.9 Å². The van der Waals surface area contributed by atoms with E-state index in [1.807, 2.05) is 0 Å². The third kappa shape index (κ3) is 2.70. The van der Waals surface area contributed by atoms with Crippen molar-refractivity contribution >= 4 is 23.2 Å². The Balaban J connectivity index is 3.11. The van der Waals surface area contributed by atoms with Crippen LogP contribution >= 0.6 is 23.2 Å². The summed E-state index contributed by atoms with van der Waals surface area (Å²) < 4.78 is 28.1. The molecule has 0 aromatic heterocycles. The summed E-state index contributed by atoms with van der Waals surface area (Å²) in [4.78, 5) is 0. The fourth-order valence-corrected chi connectivity index (χ4v) is 1.57. The molecule has 0 saturated carbocycles. The highest BCUT2D eigenvalue weighted by atomic mass is 35.5. The summed E-state index contributed by atoms with van der Waals surface area (Å²) in [6.45, 7) is -2.90. The van der Waals surface area contributed by atoms with Crippen molar-refractivity contribution in [2.45, 2.75) is 13.2 Å². The summed E-state index contributed by atoms with van der Waals surface area (Å²) in [5.41, 5.74) is 5.67. The second-order valence-corrected chi connectivity index (χ2v) is 3.30. The van der Waals surface area contributed by atoms with Gasteiger partial charge in [-0.15, -0.1) is 0 Å². The molecule has 1 aromatic rings. The highest BCUT2D eigenvalue weighted by Crippen LogP contribution is 2.33. The quantitative estimate of drug-likeness (QED) is 0.883. The average Bonchev–Trinajstić information content (AvgIpc) is 2.08. The van der Waals surface area contributed by atoms with Crippen LogP contribution in [0.1, 0.15) is 5.56 Å². The lowest BCUT2D eigenvalue weighted by Crippen LogP contribution is -2.07. The second-order valence-electron chi connectivity index (χ2n) is 2.46. The standard InChI is InChI=1S/C8H7Cl2F2NO/c9-5-1-4(3-13)7(6(10)2-5)14-8(11)12/h1-2,8H,3,13H2. The first-order chi connectivity index (χ1) is 6.54. The molecule has 0 aliphatic heterocycles. The number of alkyl halides is 2. The summed E-state index contributed by atoms with van der Waals surface area (Å²) in [6, 6.07) is 2.76. The lowest BCUT2D eigenvalue weighted by Gasteiger charge is -2.11. The van der Waals surface area contributed by atoms with Crippen molar-refractivity contribution in [3.05, 3.63) is 27.7 Å². The van der Waals surface area contributed by atoms with Crippen molar-refractivity contribution in [1.29, 1.82) is 0 Å². The van der Waals surface area contributed by atoms with E-state index in [9.17, 15) is 8.78 Å². The molecule has 0 spiro atoms. The zero-order valence-electron chi connectivity index (χ0n) is 6.94. The van der Waals surface area contributed by atoms with Crippen molar-refractivity contribution in [2.24, 2.45) is 5.73 Å². The van der Waals surface area contributed by atoms with E-state index >= 15 is 0 Å². The number of rotatable bonds is 3. The minimum atomic E-state index is -2.93. The predicted octanol–water partition coefficient (Wildman–Crippen LogP) is 3.05. The van der Waals surface area contributed by atoms with Gasteiger partial charge in [0.2, 0.25) is 0 Å². The molecule has 0 unspecified atom stereocenters. The fraction of sp³-hybridized carbons (Fsp3) is 0.250. The molecule has 0 radical (unpaired) electrons. The Morgan fingerprint density at radius 2 is 2.00 bits per heavy atom. The van der Waals surface area contributed by atoms with Crippen LogP contribution in [0.5, 0.6) is 5.75 Å². The molecule has 0 saturated heterocycles. The molecule has 1 rings (SSSR count). The van der Waals surface area contributed by atoms with Crippen LogP contribution in [0.25, 0.3) is 0 Å². The first kappa shape index (κ1) is 11.5. The third-order valence-electron chi connectivity index (χ3n) is 1.51. The Kier molecular flexibility index (Phi) is 3.92. The Bertz CT molecular complexity index is 333. The molecule has 1 aromatic carbocycles. The van der Waals surface area contributed by atoms with Gasteiger partial charge in [0.15, 0.2) is 0 Å². The zero-order valence-corrected chi connectivity index (χ0v) is 8.45. The number of hydrogen-bond acceptors (Lipinski definition) is 2. The summed E-state index contributed by atoms with van der Waals surface area (Å²) >= 11 is 11.3. The maximum atomic E-state index is 12.0. The maximum absolute atomic E-state index is 12.0. The van der Waals surface area contributed by atoms with Crippen LogP contribution in [0.3, 0.4) is 0 Å². The van der Waals surface area contributed by atoms with Gasteiger partial charge in [0.05, 0.1) is 5.02 Å². The lowest BCUT2D eigenvalue weighted by atomic mass is 10.2. The highest BCUT2D eigenvalue weighted by molar-refractivity contribution is 6.35. The molecular formula is C8H7Cl2F2NO. The Hall–Kier alpha value is -0.580. The molecule has 0 aliphatic carbocycles. The van der Waals surface area contributed by atoms with E-state index in [1.165, 1.54) is 12.1 Å². The van der Waals surface area contributed by atoms with Gasteiger partial charge in [0.1, 0.15) is 5.75 Å². The van der Waals surface area contributed by atoms with Crippen LogP contribution in [0.2, 0.25) is 10.0 Å². The van der Waals surface area contributed by atoms with E-state index in [2.05, 4.69) is 4.74 Å². The van der Waals surface area contributed by atoms with Crippen LogP contribution in [-0.2, 0) is 6.54 Å². The molecule has 2 N–H and O–H groups in total. The van der Waals surface area contributed by atoms with Gasteiger partial charge in [-0.1, -0.05) is 23.2 Å². The van der Waals surface area contributed by atoms with E-state index in [0.717, 1.165) is 0 Å². The van der Waals surface area contributed by atoms with Crippen molar-refractivity contribution in [2.75, 3.05) is 0 Å². The molecule has 6 heteroatoms. The normalized spacial score (nSPS) is 10.7. The summed E-state index contributed by atoms with van der Waals surface area (Å²) in [5.74, 6) is -0.117. The monoisotopic (exact) mass is 241 g/mol. The highest BCUT2D eigenvalue weighted by Gasteiger charge is 2.13. The van der Waals surface area contributed by atoms with Gasteiger partial charge < -0.3 is 10.5 Å². The molecule has 2 nitrogen and oxygen atoms in total. The fourth-order valence-electron chi connectivity index (χ4n) is 0.986. The van der Waals surface area contributed by atoms with Crippen molar-refractivity contribution in [3.63, 3.8) is 0 Å². The SMILES string of the molecule is NCc1cc(Cl)cc(Cl)c1OC(F)F. The van der Waals surface area contributed by atoms with Gasteiger partial charge in [0.25, 0.3) is 0 Å². The predicted molar refractivity (Wildman–Crippen MR) is 51.0 cm³/mol. The largest absolute Gasteiger partial charge is 0.433 e. The molecular weight excluding hydrogens is 235 g/mol. The molecule has 0 amide bonds. The van der Waals surface area contributed by atoms with Gasteiger partial charge in [0, 0.05) is 17.1 Å². The van der Waals surface area contributed by atoms with Crippen molar-refractivity contribution < 1.29 is 13.5 Å². The van der Waals surface area contributed by atoms with E-state index < -0.39 is 6.61 Å². The molecule has 0 bridgehead atoms. The van der Waals surface area contributed by atoms with Crippen molar-refractivity contribution in [1.82, 2.24) is 0 Å². The second kappa shape index (κ2) is 4.77. The Labute approximate surface area is 89.6 Å². The van der Waals surface area contributed by atoms with Crippen LogP contribution in [0, 0.1) is 0 Å². The topological polar surface area (TPSA) is 35.2 Å². The first-order valence-electron chi connectivity index (χ1n) is 3.67. The van der Waals surface area contributed by atoms with Gasteiger partial charge >= 0.3 is 6.61 Å². The van der Waals surface area contributed by atoms with E-state index in [1.54, 1.807) is 0 Å². The third-order valence-corrected chi connectivity index (χ3v) is 2.01. The number of hydrogen-bond donors (Lipinski definition) is 1. The molecule has 0 aliphatic rings. The summed E-state index contributed by atoms with van der Waals surface area (Å²) in [6.07, 6.45) is 0. The Morgan fingerprint density at radius 3 is 2.50 bits per heavy atom.